The highest BCUT2D eigenvalue weighted by Crippen LogP contribution is 2.17. The monoisotopic (exact) mass is 267 g/mol. The van der Waals surface area contributed by atoms with Crippen LogP contribution in [0.3, 0.4) is 0 Å². The second-order valence-corrected chi connectivity index (χ2v) is 5.89. The standard InChI is InChI=1S/C13H21N3OS/c1-10(13-14-5-8-18-13)9-15-12-3-6-16(7-4-12)11(2)17/h5,8,10,12,15H,3-4,6-7,9H2,1-2H3. The summed E-state index contributed by atoms with van der Waals surface area (Å²) in [6.45, 7) is 6.60. The highest BCUT2D eigenvalue weighted by Gasteiger charge is 2.20. The summed E-state index contributed by atoms with van der Waals surface area (Å²) in [4.78, 5) is 17.5. The highest BCUT2D eigenvalue weighted by atomic mass is 32.1. The third kappa shape index (κ3) is 3.53. The van der Waals surface area contributed by atoms with E-state index in [0.29, 0.717) is 12.0 Å². The van der Waals surface area contributed by atoms with Gasteiger partial charge in [0.25, 0.3) is 0 Å². The highest BCUT2D eigenvalue weighted by molar-refractivity contribution is 7.09. The number of carbonyl (C=O) groups excluding carboxylic acids is 1. The lowest BCUT2D eigenvalue weighted by Gasteiger charge is -2.32. The zero-order valence-corrected chi connectivity index (χ0v) is 11.9. The summed E-state index contributed by atoms with van der Waals surface area (Å²) in [5, 5.41) is 6.82. The Balaban J connectivity index is 1.71. The molecule has 1 aliphatic rings. The molecule has 0 aliphatic carbocycles. The van der Waals surface area contributed by atoms with Crippen molar-refractivity contribution in [1.29, 1.82) is 0 Å². The van der Waals surface area contributed by atoms with Crippen molar-refractivity contribution < 1.29 is 4.79 Å². The molecule has 1 amide bonds. The maximum atomic E-state index is 11.2. The van der Waals surface area contributed by atoms with Gasteiger partial charge in [-0.3, -0.25) is 4.79 Å². The molecule has 0 spiro atoms. The smallest absolute Gasteiger partial charge is 0.219 e. The van der Waals surface area contributed by atoms with Crippen molar-refractivity contribution >= 4 is 17.2 Å². The number of piperidine rings is 1. The van der Waals surface area contributed by atoms with Gasteiger partial charge in [0.1, 0.15) is 0 Å². The van der Waals surface area contributed by atoms with E-state index in [1.165, 1.54) is 5.01 Å². The van der Waals surface area contributed by atoms with Crippen LogP contribution in [0.15, 0.2) is 11.6 Å². The van der Waals surface area contributed by atoms with Gasteiger partial charge >= 0.3 is 0 Å². The Labute approximate surface area is 112 Å². The Morgan fingerprint density at radius 1 is 1.61 bits per heavy atom. The van der Waals surface area contributed by atoms with E-state index in [9.17, 15) is 4.79 Å². The quantitative estimate of drug-likeness (QED) is 0.905. The molecule has 0 saturated carbocycles. The Bertz CT molecular complexity index is 372. The molecule has 2 rings (SSSR count). The first-order valence-electron chi connectivity index (χ1n) is 6.55. The summed E-state index contributed by atoms with van der Waals surface area (Å²) < 4.78 is 0. The minimum absolute atomic E-state index is 0.199. The zero-order valence-electron chi connectivity index (χ0n) is 11.1. The summed E-state index contributed by atoms with van der Waals surface area (Å²) in [7, 11) is 0. The number of carbonyl (C=O) groups is 1. The van der Waals surface area contributed by atoms with Crippen molar-refractivity contribution in [1.82, 2.24) is 15.2 Å². The molecule has 1 aliphatic heterocycles. The summed E-state index contributed by atoms with van der Waals surface area (Å²) in [5.41, 5.74) is 0. The number of hydrogen-bond donors (Lipinski definition) is 1. The van der Waals surface area contributed by atoms with E-state index in [4.69, 9.17) is 0 Å². The van der Waals surface area contributed by atoms with Crippen molar-refractivity contribution in [2.75, 3.05) is 19.6 Å². The first-order valence-corrected chi connectivity index (χ1v) is 7.43. The van der Waals surface area contributed by atoms with Gasteiger partial charge < -0.3 is 10.2 Å². The topological polar surface area (TPSA) is 45.2 Å². The third-order valence-corrected chi connectivity index (χ3v) is 4.53. The van der Waals surface area contributed by atoms with Crippen LogP contribution in [-0.4, -0.2) is 41.5 Å². The van der Waals surface area contributed by atoms with Gasteiger partial charge in [-0.25, -0.2) is 4.98 Å². The number of amides is 1. The summed E-state index contributed by atoms with van der Waals surface area (Å²) >= 11 is 1.72. The van der Waals surface area contributed by atoms with Crippen LogP contribution in [0.5, 0.6) is 0 Å². The van der Waals surface area contributed by atoms with Gasteiger partial charge in [-0.2, -0.15) is 0 Å². The van der Waals surface area contributed by atoms with Crippen LogP contribution in [0.1, 0.15) is 37.6 Å². The molecule has 4 nitrogen and oxygen atoms in total. The molecule has 100 valence electrons. The normalized spacial score (nSPS) is 18.9. The predicted octanol–water partition coefficient (Wildman–Crippen LogP) is 1.85. The maximum Gasteiger partial charge on any atom is 0.219 e. The van der Waals surface area contributed by atoms with Gasteiger partial charge in [0.05, 0.1) is 5.01 Å². The minimum Gasteiger partial charge on any atom is -0.343 e. The molecule has 5 heteroatoms. The first-order chi connectivity index (χ1) is 8.66. The average Bonchev–Trinajstić information content (AvgIpc) is 2.90. The van der Waals surface area contributed by atoms with Crippen molar-refractivity contribution in [2.45, 2.75) is 38.6 Å². The molecule has 0 radical (unpaired) electrons. The van der Waals surface area contributed by atoms with E-state index < -0.39 is 0 Å². The van der Waals surface area contributed by atoms with Crippen LogP contribution in [0.25, 0.3) is 0 Å². The molecule has 0 bridgehead atoms. The second kappa shape index (κ2) is 6.29. The van der Waals surface area contributed by atoms with Crippen molar-refractivity contribution in [3.8, 4) is 0 Å². The Hall–Kier alpha value is -0.940. The zero-order chi connectivity index (χ0) is 13.0. The maximum absolute atomic E-state index is 11.2. The van der Waals surface area contributed by atoms with Crippen LogP contribution in [0.4, 0.5) is 0 Å². The van der Waals surface area contributed by atoms with Crippen LogP contribution in [0.2, 0.25) is 0 Å². The van der Waals surface area contributed by atoms with Crippen LogP contribution < -0.4 is 5.32 Å². The Morgan fingerprint density at radius 3 is 2.89 bits per heavy atom. The SMILES string of the molecule is CC(=O)N1CCC(NCC(C)c2nccs2)CC1. The lowest BCUT2D eigenvalue weighted by Crippen LogP contribution is -2.44. The van der Waals surface area contributed by atoms with Crippen molar-refractivity contribution in [2.24, 2.45) is 0 Å². The molecule has 1 saturated heterocycles. The van der Waals surface area contributed by atoms with E-state index in [2.05, 4.69) is 17.2 Å². The van der Waals surface area contributed by atoms with E-state index >= 15 is 0 Å². The van der Waals surface area contributed by atoms with E-state index in [-0.39, 0.29) is 5.91 Å². The summed E-state index contributed by atoms with van der Waals surface area (Å²) in [6, 6.07) is 0.544. The lowest BCUT2D eigenvalue weighted by atomic mass is 10.0. The number of nitrogens with one attached hydrogen (secondary N) is 1. The molecule has 2 heterocycles. The van der Waals surface area contributed by atoms with Gasteiger partial charge in [0.2, 0.25) is 5.91 Å². The van der Waals surface area contributed by atoms with Crippen molar-refractivity contribution in [3.63, 3.8) is 0 Å². The Morgan fingerprint density at radius 2 is 2.33 bits per heavy atom. The second-order valence-electron chi connectivity index (χ2n) is 4.96. The minimum atomic E-state index is 0.199. The van der Waals surface area contributed by atoms with Gasteiger partial charge in [0.15, 0.2) is 0 Å². The van der Waals surface area contributed by atoms with Crippen LogP contribution in [0, 0.1) is 0 Å². The molecular weight excluding hydrogens is 246 g/mol. The summed E-state index contributed by atoms with van der Waals surface area (Å²) in [5.74, 6) is 0.667. The van der Waals surface area contributed by atoms with E-state index in [0.717, 1.165) is 32.5 Å². The van der Waals surface area contributed by atoms with Crippen LogP contribution in [-0.2, 0) is 4.79 Å². The fourth-order valence-corrected chi connectivity index (χ4v) is 3.01. The molecule has 0 aromatic carbocycles. The third-order valence-electron chi connectivity index (χ3n) is 3.53. The molecule has 1 unspecified atom stereocenters. The lowest BCUT2D eigenvalue weighted by molar-refractivity contribution is -0.129. The predicted molar refractivity (Wildman–Crippen MR) is 73.8 cm³/mol. The molecule has 1 aromatic heterocycles. The molecule has 1 fully saturated rings. The first kappa shape index (κ1) is 13.5. The molecule has 18 heavy (non-hydrogen) atoms. The molecular formula is C13H21N3OS. The van der Waals surface area contributed by atoms with Gasteiger partial charge in [-0.1, -0.05) is 6.92 Å². The summed E-state index contributed by atoms with van der Waals surface area (Å²) in [6.07, 6.45) is 3.98. The van der Waals surface area contributed by atoms with E-state index in [1.54, 1.807) is 18.3 Å². The average molecular weight is 267 g/mol. The van der Waals surface area contributed by atoms with Crippen LogP contribution >= 0.6 is 11.3 Å². The number of likely N-dealkylation sites (tertiary alicyclic amines) is 1. The fourth-order valence-electron chi connectivity index (χ4n) is 2.31. The number of rotatable bonds is 4. The number of aromatic nitrogens is 1. The van der Waals surface area contributed by atoms with Gasteiger partial charge in [0, 0.05) is 50.1 Å². The molecule has 1 aromatic rings. The molecule has 1 atom stereocenters. The van der Waals surface area contributed by atoms with Gasteiger partial charge in [-0.05, 0) is 12.8 Å². The van der Waals surface area contributed by atoms with E-state index in [1.807, 2.05) is 16.5 Å². The van der Waals surface area contributed by atoms with Gasteiger partial charge in [-0.15, -0.1) is 11.3 Å². The molecule has 1 N–H and O–H groups in total. The largest absolute Gasteiger partial charge is 0.343 e. The van der Waals surface area contributed by atoms with Crippen molar-refractivity contribution in [3.05, 3.63) is 16.6 Å². The fraction of sp³-hybridized carbons (Fsp3) is 0.692. The number of thiazole rings is 1. The number of hydrogen-bond acceptors (Lipinski definition) is 4. The Kier molecular flexibility index (Phi) is 4.72. The number of nitrogens with zero attached hydrogens (tertiary/aromatic N) is 2.